The van der Waals surface area contributed by atoms with E-state index in [9.17, 15) is 5.11 Å². The Balaban J connectivity index is 2.01. The summed E-state index contributed by atoms with van der Waals surface area (Å²) in [5.74, 6) is 0.681. The molecule has 1 aliphatic carbocycles. The van der Waals surface area contributed by atoms with Crippen molar-refractivity contribution in [2.45, 2.75) is 38.2 Å². The molecule has 0 amide bonds. The molecule has 16 heavy (non-hydrogen) atoms. The van der Waals surface area contributed by atoms with Crippen molar-refractivity contribution >= 4 is 11.5 Å². The number of nitrogens with two attached hydrogens (primary N) is 1. The van der Waals surface area contributed by atoms with Crippen molar-refractivity contribution in [2.75, 3.05) is 17.6 Å². The number of aromatic nitrogens is 1. The highest BCUT2D eigenvalue weighted by atomic mass is 16.3. The Morgan fingerprint density at radius 1 is 1.44 bits per heavy atom. The van der Waals surface area contributed by atoms with Gasteiger partial charge < -0.3 is 16.2 Å². The maximum absolute atomic E-state index is 10.2. The van der Waals surface area contributed by atoms with Crippen LogP contribution in [-0.2, 0) is 0 Å². The van der Waals surface area contributed by atoms with Crippen LogP contribution < -0.4 is 11.1 Å². The van der Waals surface area contributed by atoms with Crippen LogP contribution in [0.5, 0.6) is 0 Å². The molecule has 4 N–H and O–H groups in total. The Bertz CT molecular complexity index is 373. The van der Waals surface area contributed by atoms with E-state index < -0.39 is 5.60 Å². The molecule has 1 saturated carbocycles. The lowest BCUT2D eigenvalue weighted by Gasteiger charge is -2.23. The first kappa shape index (κ1) is 11.2. The van der Waals surface area contributed by atoms with Crippen LogP contribution in [0.15, 0.2) is 12.1 Å². The highest BCUT2D eigenvalue weighted by Crippen LogP contribution is 2.30. The molecule has 0 aromatic carbocycles. The van der Waals surface area contributed by atoms with Crippen LogP contribution in [0.2, 0.25) is 0 Å². The Kier molecular flexibility index (Phi) is 3.01. The van der Waals surface area contributed by atoms with E-state index >= 15 is 0 Å². The van der Waals surface area contributed by atoms with Gasteiger partial charge in [0.05, 0.1) is 11.3 Å². The second kappa shape index (κ2) is 4.29. The van der Waals surface area contributed by atoms with Gasteiger partial charge in [0.2, 0.25) is 0 Å². The van der Waals surface area contributed by atoms with Crippen LogP contribution in [0.25, 0.3) is 0 Å². The summed E-state index contributed by atoms with van der Waals surface area (Å²) in [6, 6.07) is 3.72. The van der Waals surface area contributed by atoms with Gasteiger partial charge in [0, 0.05) is 12.2 Å². The van der Waals surface area contributed by atoms with Gasteiger partial charge in [0.1, 0.15) is 5.82 Å². The molecule has 1 aromatic heterocycles. The summed E-state index contributed by atoms with van der Waals surface area (Å²) in [6.07, 6.45) is 3.95. The minimum Gasteiger partial charge on any atom is -0.396 e. The monoisotopic (exact) mass is 221 g/mol. The van der Waals surface area contributed by atoms with Gasteiger partial charge in [-0.25, -0.2) is 4.98 Å². The summed E-state index contributed by atoms with van der Waals surface area (Å²) in [7, 11) is 0. The normalized spacial score (nSPS) is 18.6. The molecule has 0 bridgehead atoms. The first-order chi connectivity index (χ1) is 7.59. The number of nitrogens with one attached hydrogen (secondary N) is 1. The van der Waals surface area contributed by atoms with Crippen molar-refractivity contribution in [1.29, 1.82) is 0 Å². The Morgan fingerprint density at radius 2 is 2.12 bits per heavy atom. The quantitative estimate of drug-likeness (QED) is 0.726. The standard InChI is InChI=1S/C12H19N3O/c1-9-4-5-10(13)11(15-9)14-8-12(16)6-2-3-7-12/h4-5,16H,2-3,6-8,13H2,1H3,(H,14,15). The molecule has 0 radical (unpaired) electrons. The summed E-state index contributed by atoms with van der Waals surface area (Å²) in [4.78, 5) is 4.32. The lowest BCUT2D eigenvalue weighted by Crippen LogP contribution is -2.33. The SMILES string of the molecule is Cc1ccc(N)c(NCC2(O)CCCC2)n1. The minimum atomic E-state index is -0.572. The number of aliphatic hydroxyl groups is 1. The maximum Gasteiger partial charge on any atom is 0.149 e. The van der Waals surface area contributed by atoms with Crippen LogP contribution >= 0.6 is 0 Å². The van der Waals surface area contributed by atoms with Crippen molar-refractivity contribution in [3.63, 3.8) is 0 Å². The molecule has 0 aliphatic heterocycles. The van der Waals surface area contributed by atoms with E-state index in [0.29, 0.717) is 18.1 Å². The van der Waals surface area contributed by atoms with Gasteiger partial charge in [-0.05, 0) is 31.9 Å². The molecule has 0 spiro atoms. The van der Waals surface area contributed by atoms with Gasteiger partial charge in [-0.1, -0.05) is 12.8 Å². The number of nitrogens with zero attached hydrogens (tertiary/aromatic N) is 1. The predicted molar refractivity (Wildman–Crippen MR) is 65.3 cm³/mol. The average Bonchev–Trinajstić information content (AvgIpc) is 2.67. The largest absolute Gasteiger partial charge is 0.396 e. The molecule has 4 nitrogen and oxygen atoms in total. The van der Waals surface area contributed by atoms with Crippen molar-refractivity contribution in [2.24, 2.45) is 0 Å². The second-order valence-corrected chi connectivity index (χ2v) is 4.68. The summed E-state index contributed by atoms with van der Waals surface area (Å²) in [6.45, 7) is 2.46. The summed E-state index contributed by atoms with van der Waals surface area (Å²) in [5.41, 5.74) is 6.80. The van der Waals surface area contributed by atoms with E-state index in [2.05, 4.69) is 10.3 Å². The van der Waals surface area contributed by atoms with E-state index in [4.69, 9.17) is 5.73 Å². The van der Waals surface area contributed by atoms with Crippen LogP contribution in [0.3, 0.4) is 0 Å². The smallest absolute Gasteiger partial charge is 0.149 e. The third kappa shape index (κ3) is 2.44. The van der Waals surface area contributed by atoms with Gasteiger partial charge >= 0.3 is 0 Å². The third-order valence-corrected chi connectivity index (χ3v) is 3.18. The lowest BCUT2D eigenvalue weighted by molar-refractivity contribution is 0.0614. The predicted octanol–water partition coefficient (Wildman–Crippen LogP) is 1.69. The summed E-state index contributed by atoms with van der Waals surface area (Å²) in [5, 5.41) is 13.3. The van der Waals surface area contributed by atoms with Gasteiger partial charge in [-0.15, -0.1) is 0 Å². The van der Waals surface area contributed by atoms with Crippen LogP contribution in [0.4, 0.5) is 11.5 Å². The summed E-state index contributed by atoms with van der Waals surface area (Å²) < 4.78 is 0. The number of hydrogen-bond acceptors (Lipinski definition) is 4. The van der Waals surface area contributed by atoms with Gasteiger partial charge in [-0.2, -0.15) is 0 Å². The summed E-state index contributed by atoms with van der Waals surface area (Å²) >= 11 is 0. The zero-order valence-electron chi connectivity index (χ0n) is 9.66. The lowest BCUT2D eigenvalue weighted by atomic mass is 10.0. The van der Waals surface area contributed by atoms with Gasteiger partial charge in [0.25, 0.3) is 0 Å². The highest BCUT2D eigenvalue weighted by molar-refractivity contribution is 5.61. The van der Waals surface area contributed by atoms with E-state index in [-0.39, 0.29) is 0 Å². The third-order valence-electron chi connectivity index (χ3n) is 3.18. The zero-order valence-corrected chi connectivity index (χ0v) is 9.66. The molecule has 0 saturated heterocycles. The van der Waals surface area contributed by atoms with Crippen LogP contribution in [-0.4, -0.2) is 22.2 Å². The molecule has 0 unspecified atom stereocenters. The molecule has 0 atom stereocenters. The fourth-order valence-electron chi connectivity index (χ4n) is 2.17. The fourth-order valence-corrected chi connectivity index (χ4v) is 2.17. The fraction of sp³-hybridized carbons (Fsp3) is 0.583. The van der Waals surface area contributed by atoms with Crippen molar-refractivity contribution in [3.05, 3.63) is 17.8 Å². The Labute approximate surface area is 95.9 Å². The molecule has 2 rings (SSSR count). The first-order valence-electron chi connectivity index (χ1n) is 5.78. The highest BCUT2D eigenvalue weighted by Gasteiger charge is 2.30. The van der Waals surface area contributed by atoms with Gasteiger partial charge in [-0.3, -0.25) is 0 Å². The number of pyridine rings is 1. The Morgan fingerprint density at radius 3 is 2.81 bits per heavy atom. The number of anilines is 2. The molecule has 88 valence electrons. The van der Waals surface area contributed by atoms with Gasteiger partial charge in [0.15, 0.2) is 0 Å². The maximum atomic E-state index is 10.2. The molecule has 1 aliphatic rings. The van der Waals surface area contributed by atoms with Crippen molar-refractivity contribution < 1.29 is 5.11 Å². The average molecular weight is 221 g/mol. The number of nitrogen functional groups attached to an aromatic ring is 1. The van der Waals surface area contributed by atoms with E-state index in [1.165, 1.54) is 0 Å². The number of aryl methyl sites for hydroxylation is 1. The first-order valence-corrected chi connectivity index (χ1v) is 5.78. The van der Waals surface area contributed by atoms with E-state index in [1.807, 2.05) is 19.1 Å². The molecular weight excluding hydrogens is 202 g/mol. The number of rotatable bonds is 3. The molecule has 4 heteroatoms. The second-order valence-electron chi connectivity index (χ2n) is 4.68. The van der Waals surface area contributed by atoms with Crippen LogP contribution in [0.1, 0.15) is 31.4 Å². The zero-order chi connectivity index (χ0) is 11.6. The minimum absolute atomic E-state index is 0.535. The van der Waals surface area contributed by atoms with E-state index in [0.717, 1.165) is 31.4 Å². The van der Waals surface area contributed by atoms with E-state index in [1.54, 1.807) is 0 Å². The molecule has 1 aromatic rings. The molecule has 1 fully saturated rings. The molecule has 1 heterocycles. The topological polar surface area (TPSA) is 71.2 Å². The molecular formula is C12H19N3O. The van der Waals surface area contributed by atoms with Crippen molar-refractivity contribution in [3.8, 4) is 0 Å². The Hall–Kier alpha value is -1.29. The number of hydrogen-bond donors (Lipinski definition) is 3. The van der Waals surface area contributed by atoms with Crippen LogP contribution in [0, 0.1) is 6.92 Å². The van der Waals surface area contributed by atoms with Crippen molar-refractivity contribution in [1.82, 2.24) is 4.98 Å².